The minimum atomic E-state index is 0.183. The van der Waals surface area contributed by atoms with Gasteiger partial charge in [0.05, 0.1) is 0 Å². The first kappa shape index (κ1) is 15.3. The maximum atomic E-state index is 5.59. The molecule has 1 fully saturated rings. The van der Waals surface area contributed by atoms with Gasteiger partial charge in [-0.2, -0.15) is 0 Å². The normalized spacial score (nSPS) is 17.3. The Balaban J connectivity index is 1.51. The van der Waals surface area contributed by atoms with Gasteiger partial charge in [0.2, 0.25) is 5.95 Å². The maximum Gasteiger partial charge on any atom is 0.219 e. The van der Waals surface area contributed by atoms with Crippen molar-refractivity contribution in [2.45, 2.75) is 31.1 Å². The molecule has 0 aliphatic heterocycles. The smallest absolute Gasteiger partial charge is 0.219 e. The second-order valence-electron chi connectivity index (χ2n) is 7.32. The van der Waals surface area contributed by atoms with Gasteiger partial charge in [0.15, 0.2) is 0 Å². The Morgan fingerprint density at radius 2 is 1.58 bits per heavy atom. The molecule has 3 aromatic rings. The van der Waals surface area contributed by atoms with Crippen molar-refractivity contribution < 1.29 is 0 Å². The van der Waals surface area contributed by atoms with Gasteiger partial charge in [-0.25, -0.2) is 9.97 Å². The lowest BCUT2D eigenvalue weighted by atomic mass is 9.59. The molecule has 2 N–H and O–H groups in total. The van der Waals surface area contributed by atoms with Gasteiger partial charge in [0, 0.05) is 23.4 Å². The number of hydrogen-bond acceptors (Lipinski definition) is 3. The van der Waals surface area contributed by atoms with Gasteiger partial charge in [-0.1, -0.05) is 61.0 Å². The van der Waals surface area contributed by atoms with E-state index in [1.165, 1.54) is 41.5 Å². The molecule has 0 amide bonds. The highest BCUT2D eigenvalue weighted by Crippen LogP contribution is 2.55. The molecule has 1 saturated carbocycles. The van der Waals surface area contributed by atoms with Crippen molar-refractivity contribution >= 4 is 11.5 Å². The van der Waals surface area contributed by atoms with Crippen LogP contribution >= 0.6 is 0 Å². The van der Waals surface area contributed by atoms with Gasteiger partial charge in [-0.3, -0.25) is 0 Å². The fraction of sp³-hybridized carbons (Fsp3) is 0.217. The average Bonchev–Trinajstić information content (AvgIpc) is 3.07. The SMILES string of the molecule is Nc1ncc(-c2ccc(C3(C4=CCc5ccccc54)CCC3)cc2)cn1. The number of benzene rings is 2. The van der Waals surface area contributed by atoms with Gasteiger partial charge in [0.1, 0.15) is 0 Å². The van der Waals surface area contributed by atoms with Crippen molar-refractivity contribution in [3.05, 3.63) is 83.7 Å². The first-order valence-electron chi connectivity index (χ1n) is 9.24. The Morgan fingerprint density at radius 3 is 2.27 bits per heavy atom. The van der Waals surface area contributed by atoms with Crippen LogP contribution in [0.1, 0.15) is 36.0 Å². The van der Waals surface area contributed by atoms with Crippen LogP contribution in [0, 0.1) is 0 Å². The summed E-state index contributed by atoms with van der Waals surface area (Å²) >= 11 is 0. The van der Waals surface area contributed by atoms with Crippen LogP contribution in [0.3, 0.4) is 0 Å². The van der Waals surface area contributed by atoms with E-state index in [1.807, 2.05) is 0 Å². The van der Waals surface area contributed by atoms with E-state index in [2.05, 4.69) is 64.6 Å². The number of allylic oxidation sites excluding steroid dienone is 2. The number of anilines is 1. The molecule has 0 bridgehead atoms. The molecule has 0 unspecified atom stereocenters. The van der Waals surface area contributed by atoms with Crippen LogP contribution in [0.2, 0.25) is 0 Å². The summed E-state index contributed by atoms with van der Waals surface area (Å²) in [6, 6.07) is 17.8. The van der Waals surface area contributed by atoms with Crippen molar-refractivity contribution in [2.24, 2.45) is 0 Å². The lowest BCUT2D eigenvalue weighted by molar-refractivity contribution is 0.327. The molecular weight excluding hydrogens is 318 g/mol. The summed E-state index contributed by atoms with van der Waals surface area (Å²) in [6.07, 6.45) is 10.8. The molecule has 3 heteroatoms. The van der Waals surface area contributed by atoms with E-state index in [1.54, 1.807) is 12.4 Å². The van der Waals surface area contributed by atoms with E-state index in [9.17, 15) is 0 Å². The van der Waals surface area contributed by atoms with Gasteiger partial charge >= 0.3 is 0 Å². The summed E-state index contributed by atoms with van der Waals surface area (Å²) in [5, 5.41) is 0. The highest BCUT2D eigenvalue weighted by molar-refractivity contribution is 5.82. The zero-order chi connectivity index (χ0) is 17.6. The molecule has 2 aromatic carbocycles. The minimum absolute atomic E-state index is 0.183. The van der Waals surface area contributed by atoms with E-state index in [4.69, 9.17) is 5.73 Å². The maximum absolute atomic E-state index is 5.59. The van der Waals surface area contributed by atoms with E-state index in [-0.39, 0.29) is 5.41 Å². The Kier molecular flexibility index (Phi) is 3.42. The molecule has 0 radical (unpaired) electrons. The van der Waals surface area contributed by atoms with Gasteiger partial charge in [-0.15, -0.1) is 0 Å². The Bertz CT molecular complexity index is 981. The average molecular weight is 339 g/mol. The number of rotatable bonds is 3. The number of nitrogens with two attached hydrogens (primary N) is 1. The predicted molar refractivity (Wildman–Crippen MR) is 106 cm³/mol. The first-order valence-corrected chi connectivity index (χ1v) is 9.24. The van der Waals surface area contributed by atoms with Crippen molar-refractivity contribution in [1.82, 2.24) is 9.97 Å². The molecule has 0 atom stereocenters. The van der Waals surface area contributed by atoms with Gasteiger partial charge in [-0.05, 0) is 47.1 Å². The Labute approximate surface area is 153 Å². The third-order valence-electron chi connectivity index (χ3n) is 6.00. The minimum Gasteiger partial charge on any atom is -0.368 e. The summed E-state index contributed by atoms with van der Waals surface area (Å²) in [7, 11) is 0. The largest absolute Gasteiger partial charge is 0.368 e. The van der Waals surface area contributed by atoms with E-state index in [0.717, 1.165) is 17.5 Å². The number of nitrogens with zero attached hydrogens (tertiary/aromatic N) is 2. The molecule has 3 nitrogen and oxygen atoms in total. The monoisotopic (exact) mass is 339 g/mol. The quantitative estimate of drug-likeness (QED) is 0.746. The second kappa shape index (κ2) is 5.80. The molecule has 0 spiro atoms. The van der Waals surface area contributed by atoms with Crippen molar-refractivity contribution in [2.75, 3.05) is 5.73 Å². The third kappa shape index (κ3) is 2.27. The van der Waals surface area contributed by atoms with Crippen LogP contribution in [-0.4, -0.2) is 9.97 Å². The zero-order valence-electron chi connectivity index (χ0n) is 14.7. The fourth-order valence-electron chi connectivity index (χ4n) is 4.45. The fourth-order valence-corrected chi connectivity index (χ4v) is 4.45. The molecule has 26 heavy (non-hydrogen) atoms. The van der Waals surface area contributed by atoms with Crippen LogP contribution in [0.4, 0.5) is 5.95 Å². The molecule has 2 aliphatic rings. The van der Waals surface area contributed by atoms with Crippen molar-refractivity contribution in [3.63, 3.8) is 0 Å². The molecular formula is C23H21N3. The van der Waals surface area contributed by atoms with Crippen molar-refractivity contribution in [1.29, 1.82) is 0 Å². The molecule has 5 rings (SSSR count). The zero-order valence-corrected chi connectivity index (χ0v) is 14.7. The lowest BCUT2D eigenvalue weighted by Crippen LogP contribution is -2.35. The molecule has 1 aromatic heterocycles. The highest BCUT2D eigenvalue weighted by atomic mass is 15.0. The van der Waals surface area contributed by atoms with Crippen LogP contribution in [-0.2, 0) is 11.8 Å². The number of aromatic nitrogens is 2. The van der Waals surface area contributed by atoms with Crippen LogP contribution < -0.4 is 5.73 Å². The second-order valence-corrected chi connectivity index (χ2v) is 7.32. The van der Waals surface area contributed by atoms with Crippen LogP contribution in [0.25, 0.3) is 16.7 Å². The number of fused-ring (bicyclic) bond motifs is 1. The molecule has 0 saturated heterocycles. The van der Waals surface area contributed by atoms with E-state index >= 15 is 0 Å². The standard InChI is InChI=1S/C23H21N3/c24-22-25-14-18(15-26-22)16-6-9-19(10-7-16)23(12-3-13-23)21-11-8-17-4-1-2-5-20(17)21/h1-2,4-7,9-11,14-15H,3,8,12-13H2,(H2,24,25,26). The molecule has 2 aliphatic carbocycles. The van der Waals surface area contributed by atoms with Crippen LogP contribution in [0.5, 0.6) is 0 Å². The summed E-state index contributed by atoms with van der Waals surface area (Å²) in [4.78, 5) is 8.20. The lowest BCUT2D eigenvalue weighted by Gasteiger charge is -2.44. The van der Waals surface area contributed by atoms with E-state index in [0.29, 0.717) is 5.95 Å². The van der Waals surface area contributed by atoms with Crippen molar-refractivity contribution in [3.8, 4) is 11.1 Å². The number of hydrogen-bond donors (Lipinski definition) is 1. The Morgan fingerprint density at radius 1 is 0.846 bits per heavy atom. The number of nitrogen functional groups attached to an aromatic ring is 1. The summed E-state index contributed by atoms with van der Waals surface area (Å²) in [5.41, 5.74) is 13.8. The predicted octanol–water partition coefficient (Wildman–Crippen LogP) is 4.79. The third-order valence-corrected chi connectivity index (χ3v) is 6.00. The summed E-state index contributed by atoms with van der Waals surface area (Å²) in [6.45, 7) is 0. The molecule has 1 heterocycles. The van der Waals surface area contributed by atoms with E-state index < -0.39 is 0 Å². The summed E-state index contributed by atoms with van der Waals surface area (Å²) < 4.78 is 0. The topological polar surface area (TPSA) is 51.8 Å². The first-order chi connectivity index (χ1) is 12.8. The van der Waals surface area contributed by atoms with Gasteiger partial charge < -0.3 is 5.73 Å². The van der Waals surface area contributed by atoms with Crippen LogP contribution in [0.15, 0.2) is 67.0 Å². The molecule has 128 valence electrons. The summed E-state index contributed by atoms with van der Waals surface area (Å²) in [5.74, 6) is 0.311. The highest BCUT2D eigenvalue weighted by Gasteiger charge is 2.43. The Hall–Kier alpha value is -2.94. The van der Waals surface area contributed by atoms with Gasteiger partial charge in [0.25, 0.3) is 0 Å².